The van der Waals surface area contributed by atoms with Crippen molar-refractivity contribution < 1.29 is 9.13 Å². The Morgan fingerprint density at radius 1 is 1.25 bits per heavy atom. The molecule has 24 heavy (non-hydrogen) atoms. The molecule has 0 bridgehead atoms. The topological polar surface area (TPSA) is 22.1 Å². The summed E-state index contributed by atoms with van der Waals surface area (Å²) >= 11 is 9.39. The van der Waals surface area contributed by atoms with E-state index < -0.39 is 0 Å². The zero-order valence-electron chi connectivity index (χ0n) is 13.0. The molecule has 0 fully saturated rings. The second-order valence-electron chi connectivity index (χ2n) is 5.11. The van der Waals surface area contributed by atoms with Crippen molar-refractivity contribution in [2.75, 3.05) is 7.11 Å². The Kier molecular flexibility index (Phi) is 5.76. The van der Waals surface area contributed by atoms with E-state index in [4.69, 9.17) is 16.3 Å². The highest BCUT2D eigenvalue weighted by Crippen LogP contribution is 2.28. The summed E-state index contributed by atoms with van der Waals surface area (Å²) in [5.41, 5.74) is 1.92. The molecule has 0 aliphatic heterocycles. The van der Waals surface area contributed by atoms with E-state index in [-0.39, 0.29) is 5.82 Å². The minimum Gasteiger partial charge on any atom is -0.497 e. The monoisotopic (exact) mass is 379 g/mol. The lowest BCUT2D eigenvalue weighted by molar-refractivity contribution is 0.413. The molecule has 0 spiro atoms. The van der Waals surface area contributed by atoms with Crippen LogP contribution >= 0.6 is 34.7 Å². The molecular weight excluding hydrogens is 365 g/mol. The van der Waals surface area contributed by atoms with Crippen LogP contribution in [0.2, 0.25) is 5.02 Å². The third-order valence-corrected chi connectivity index (χ3v) is 5.66. The molecule has 3 rings (SSSR count). The van der Waals surface area contributed by atoms with Crippen LogP contribution in [-0.4, -0.2) is 12.1 Å². The van der Waals surface area contributed by atoms with Gasteiger partial charge in [0.15, 0.2) is 0 Å². The Labute approximate surface area is 153 Å². The third-order valence-electron chi connectivity index (χ3n) is 3.38. The third kappa shape index (κ3) is 4.50. The van der Waals surface area contributed by atoms with Crippen molar-refractivity contribution in [3.8, 4) is 5.75 Å². The number of thiazole rings is 1. The van der Waals surface area contributed by atoms with Crippen LogP contribution in [0.15, 0.2) is 52.7 Å². The van der Waals surface area contributed by atoms with E-state index in [1.807, 2.05) is 18.2 Å². The number of halogens is 2. The molecule has 1 heterocycles. The quantitative estimate of drug-likeness (QED) is 0.503. The molecule has 0 radical (unpaired) electrons. The maximum Gasteiger partial charge on any atom is 0.124 e. The molecular formula is C18H15ClFNOS2. The first-order valence-electron chi connectivity index (χ1n) is 7.28. The Morgan fingerprint density at radius 2 is 2.12 bits per heavy atom. The summed E-state index contributed by atoms with van der Waals surface area (Å²) in [5.74, 6) is 1.32. The summed E-state index contributed by atoms with van der Waals surface area (Å²) in [4.78, 5) is 5.78. The van der Waals surface area contributed by atoms with E-state index >= 15 is 0 Å². The lowest BCUT2D eigenvalue weighted by Gasteiger charge is -2.03. The first-order chi connectivity index (χ1) is 11.6. The molecule has 0 atom stereocenters. The first-order valence-corrected chi connectivity index (χ1v) is 9.52. The van der Waals surface area contributed by atoms with Crippen LogP contribution in [-0.2, 0) is 12.2 Å². The fourth-order valence-corrected chi connectivity index (χ4v) is 4.17. The van der Waals surface area contributed by atoms with E-state index in [2.05, 4.69) is 16.4 Å². The average molecular weight is 380 g/mol. The lowest BCUT2D eigenvalue weighted by atomic mass is 10.1. The van der Waals surface area contributed by atoms with Gasteiger partial charge in [0.05, 0.1) is 17.8 Å². The molecule has 6 heteroatoms. The summed E-state index contributed by atoms with van der Waals surface area (Å²) in [6.45, 7) is 0. The maximum absolute atomic E-state index is 13.1. The number of rotatable bonds is 6. The smallest absolute Gasteiger partial charge is 0.124 e. The van der Waals surface area contributed by atoms with Crippen molar-refractivity contribution in [2.24, 2.45) is 0 Å². The van der Waals surface area contributed by atoms with Gasteiger partial charge in [-0.1, -0.05) is 23.7 Å². The van der Waals surface area contributed by atoms with Gasteiger partial charge in [-0.25, -0.2) is 9.37 Å². The largest absolute Gasteiger partial charge is 0.497 e. The van der Waals surface area contributed by atoms with Crippen LogP contribution in [0.1, 0.15) is 16.3 Å². The molecule has 0 saturated carbocycles. The number of nitrogens with zero attached hydrogens (tertiary/aromatic N) is 1. The molecule has 0 aliphatic rings. The van der Waals surface area contributed by atoms with Gasteiger partial charge in [-0.15, -0.1) is 23.1 Å². The zero-order valence-corrected chi connectivity index (χ0v) is 15.3. The van der Waals surface area contributed by atoms with Crippen molar-refractivity contribution in [1.82, 2.24) is 4.98 Å². The van der Waals surface area contributed by atoms with Gasteiger partial charge in [0, 0.05) is 27.5 Å². The predicted molar refractivity (Wildman–Crippen MR) is 98.9 cm³/mol. The SMILES string of the molecule is COc1cccc(SCc2csc(Cc3ccc(F)cc3Cl)n2)c1. The highest BCUT2D eigenvalue weighted by Gasteiger charge is 2.08. The minimum absolute atomic E-state index is 0.321. The highest BCUT2D eigenvalue weighted by atomic mass is 35.5. The maximum atomic E-state index is 13.1. The summed E-state index contributed by atoms with van der Waals surface area (Å²) in [6.07, 6.45) is 0.619. The summed E-state index contributed by atoms with van der Waals surface area (Å²) < 4.78 is 18.3. The number of aromatic nitrogens is 1. The normalized spacial score (nSPS) is 10.8. The molecule has 0 saturated heterocycles. The number of ether oxygens (including phenoxy) is 1. The fourth-order valence-electron chi connectivity index (χ4n) is 2.17. The molecule has 1 aromatic heterocycles. The van der Waals surface area contributed by atoms with Gasteiger partial charge >= 0.3 is 0 Å². The summed E-state index contributed by atoms with van der Waals surface area (Å²) in [6, 6.07) is 12.4. The number of hydrogen-bond acceptors (Lipinski definition) is 4. The number of methoxy groups -OCH3 is 1. The van der Waals surface area contributed by atoms with Gasteiger partial charge in [-0.2, -0.15) is 0 Å². The van der Waals surface area contributed by atoms with Crippen molar-refractivity contribution in [3.63, 3.8) is 0 Å². The second kappa shape index (κ2) is 8.01. The van der Waals surface area contributed by atoms with Gasteiger partial charge < -0.3 is 4.74 Å². The summed E-state index contributed by atoms with van der Waals surface area (Å²) in [5, 5.41) is 3.47. The fraction of sp³-hybridized carbons (Fsp3) is 0.167. The van der Waals surface area contributed by atoms with Crippen LogP contribution in [0.4, 0.5) is 4.39 Å². The molecule has 0 unspecified atom stereocenters. The molecule has 124 valence electrons. The van der Waals surface area contributed by atoms with E-state index in [9.17, 15) is 4.39 Å². The average Bonchev–Trinajstić information content (AvgIpc) is 3.03. The van der Waals surface area contributed by atoms with Crippen molar-refractivity contribution in [2.45, 2.75) is 17.1 Å². The van der Waals surface area contributed by atoms with Crippen LogP contribution in [0, 0.1) is 5.82 Å². The van der Waals surface area contributed by atoms with Crippen molar-refractivity contribution in [1.29, 1.82) is 0 Å². The molecule has 0 amide bonds. The molecule has 0 aliphatic carbocycles. The van der Waals surface area contributed by atoms with Crippen molar-refractivity contribution in [3.05, 3.63) is 74.9 Å². The molecule has 2 nitrogen and oxygen atoms in total. The number of benzene rings is 2. The molecule has 3 aromatic rings. The standard InChI is InChI=1S/C18H15ClFNOS2/c1-22-15-3-2-4-16(9-15)23-10-14-11-24-18(21-14)7-12-5-6-13(20)8-17(12)19/h2-6,8-9,11H,7,10H2,1H3. The Hall–Kier alpha value is -1.56. The van der Waals surface area contributed by atoms with Crippen LogP contribution < -0.4 is 4.74 Å². The van der Waals surface area contributed by atoms with E-state index in [1.54, 1.807) is 36.3 Å². The predicted octanol–water partition coefficient (Wildman–Crippen LogP) is 5.83. The van der Waals surface area contributed by atoms with Crippen LogP contribution in [0.3, 0.4) is 0 Å². The second-order valence-corrected chi connectivity index (χ2v) is 7.51. The minimum atomic E-state index is -0.321. The number of thioether (sulfide) groups is 1. The van der Waals surface area contributed by atoms with Crippen LogP contribution in [0.25, 0.3) is 0 Å². The zero-order chi connectivity index (χ0) is 16.9. The van der Waals surface area contributed by atoms with E-state index in [0.717, 1.165) is 32.7 Å². The van der Waals surface area contributed by atoms with Gasteiger partial charge in [0.1, 0.15) is 11.6 Å². The Bertz CT molecular complexity index is 837. The van der Waals surface area contributed by atoms with Gasteiger partial charge in [-0.3, -0.25) is 0 Å². The first kappa shape index (κ1) is 17.3. The van der Waals surface area contributed by atoms with Gasteiger partial charge in [-0.05, 0) is 35.9 Å². The Balaban J connectivity index is 1.63. The molecule has 2 aromatic carbocycles. The molecule has 0 N–H and O–H groups in total. The lowest BCUT2D eigenvalue weighted by Crippen LogP contribution is -1.91. The summed E-state index contributed by atoms with van der Waals surface area (Å²) in [7, 11) is 1.66. The van der Waals surface area contributed by atoms with Crippen molar-refractivity contribution >= 4 is 34.7 Å². The van der Waals surface area contributed by atoms with Gasteiger partial charge in [0.25, 0.3) is 0 Å². The van der Waals surface area contributed by atoms with Crippen LogP contribution in [0.5, 0.6) is 5.75 Å². The Morgan fingerprint density at radius 3 is 2.92 bits per heavy atom. The van der Waals surface area contributed by atoms with E-state index in [0.29, 0.717) is 11.4 Å². The highest BCUT2D eigenvalue weighted by molar-refractivity contribution is 7.98. The van der Waals surface area contributed by atoms with Gasteiger partial charge in [0.2, 0.25) is 0 Å². The number of hydrogen-bond donors (Lipinski definition) is 0. The van der Waals surface area contributed by atoms with E-state index in [1.165, 1.54) is 12.1 Å².